The Kier molecular flexibility index (Phi) is 4.65. The van der Waals surface area contributed by atoms with E-state index >= 15 is 0 Å². The molecule has 4 heteroatoms. The van der Waals surface area contributed by atoms with Crippen LogP contribution in [-0.4, -0.2) is 16.8 Å². The summed E-state index contributed by atoms with van der Waals surface area (Å²) in [6, 6.07) is 14.3. The van der Waals surface area contributed by atoms with Crippen molar-refractivity contribution in [3.63, 3.8) is 0 Å². The number of imide groups is 1. The van der Waals surface area contributed by atoms with E-state index < -0.39 is 5.92 Å². The molecule has 0 spiro atoms. The maximum atomic E-state index is 14.1. The number of rotatable bonds is 1. The number of aryl methyl sites for hydroxylation is 1. The predicted octanol–water partition coefficient (Wildman–Crippen LogP) is 6.62. The third-order valence-electron chi connectivity index (χ3n) is 9.21. The largest absolute Gasteiger partial charge is 0.357 e. The molecule has 5 atom stereocenters. The minimum absolute atomic E-state index is 0.00225. The molecule has 1 saturated heterocycles. The van der Waals surface area contributed by atoms with Gasteiger partial charge in [-0.2, -0.15) is 0 Å². The molecule has 2 amide bonds. The quantitative estimate of drug-likeness (QED) is 0.420. The van der Waals surface area contributed by atoms with Crippen LogP contribution in [0.25, 0.3) is 10.9 Å². The van der Waals surface area contributed by atoms with Crippen LogP contribution < -0.4 is 4.90 Å². The Labute approximate surface area is 201 Å². The molecule has 3 aliphatic rings. The van der Waals surface area contributed by atoms with E-state index in [0.717, 1.165) is 40.9 Å². The van der Waals surface area contributed by atoms with Crippen molar-refractivity contribution in [1.29, 1.82) is 0 Å². The molecule has 0 radical (unpaired) electrons. The second-order valence-electron chi connectivity index (χ2n) is 11.9. The number of aromatic amines is 1. The Morgan fingerprint density at radius 1 is 0.941 bits per heavy atom. The number of hydrogen-bond acceptors (Lipinski definition) is 2. The molecule has 2 fully saturated rings. The van der Waals surface area contributed by atoms with Crippen LogP contribution in [0.5, 0.6) is 0 Å². The number of H-pyrrole nitrogens is 1. The van der Waals surface area contributed by atoms with E-state index in [1.54, 1.807) is 0 Å². The highest BCUT2D eigenvalue weighted by molar-refractivity contribution is 6.24. The zero-order valence-electron chi connectivity index (χ0n) is 20.8. The molecule has 0 bridgehead atoms. The summed E-state index contributed by atoms with van der Waals surface area (Å²) in [5.41, 5.74) is 6.43. The molecule has 1 aliphatic heterocycles. The van der Waals surface area contributed by atoms with Crippen LogP contribution in [0.3, 0.4) is 0 Å². The number of carbonyl (C=O) groups is 2. The smallest absolute Gasteiger partial charge is 0.243 e. The fraction of sp³-hybridized carbons (Fsp3) is 0.467. The lowest BCUT2D eigenvalue weighted by Gasteiger charge is -2.47. The molecule has 6 rings (SSSR count). The number of nitrogens with zero attached hydrogens (tertiary/aromatic N) is 1. The molecule has 0 unspecified atom stereocenters. The van der Waals surface area contributed by atoms with Gasteiger partial charge < -0.3 is 4.98 Å². The lowest BCUT2D eigenvalue weighted by atomic mass is 9.56. The minimum Gasteiger partial charge on any atom is -0.357 e. The standard InChI is InChI=1S/C30H34N2O2/c1-16-9-8-12-23(17(16)2)32-28(33)25-21-15-18(30(3,4)5)13-14-19(21)24-20-10-6-7-11-22(20)31-27(24)26(25)29(32)34/h6-12,18-19,21,25-26,31H,13-15H2,1-5H3/t18-,19-,21-,25-,26+/m0/s1. The van der Waals surface area contributed by atoms with Gasteiger partial charge in [0.25, 0.3) is 0 Å². The summed E-state index contributed by atoms with van der Waals surface area (Å²) in [4.78, 5) is 33.4. The summed E-state index contributed by atoms with van der Waals surface area (Å²) in [5, 5.41) is 1.23. The average molecular weight is 455 g/mol. The molecule has 2 heterocycles. The van der Waals surface area contributed by atoms with Gasteiger partial charge in [-0.25, -0.2) is 4.90 Å². The third kappa shape index (κ3) is 2.90. The van der Waals surface area contributed by atoms with Crippen molar-refractivity contribution < 1.29 is 9.59 Å². The Bertz CT molecular complexity index is 1330. The van der Waals surface area contributed by atoms with Crippen LogP contribution in [0.2, 0.25) is 0 Å². The van der Waals surface area contributed by atoms with Gasteiger partial charge >= 0.3 is 0 Å². The van der Waals surface area contributed by atoms with Crippen molar-refractivity contribution in [2.75, 3.05) is 4.90 Å². The minimum atomic E-state index is -0.421. The molecule has 4 nitrogen and oxygen atoms in total. The monoisotopic (exact) mass is 454 g/mol. The number of fused-ring (bicyclic) bond motifs is 8. The molecule has 2 aromatic carbocycles. The molecule has 1 N–H and O–H groups in total. The van der Waals surface area contributed by atoms with Gasteiger partial charge in [-0.15, -0.1) is 0 Å². The first kappa shape index (κ1) is 21.6. The van der Waals surface area contributed by atoms with Gasteiger partial charge in [-0.3, -0.25) is 9.59 Å². The molecule has 1 saturated carbocycles. The highest BCUT2D eigenvalue weighted by Crippen LogP contribution is 2.60. The normalized spacial score (nSPS) is 28.7. The number of amides is 2. The lowest BCUT2D eigenvalue weighted by Crippen LogP contribution is -2.41. The Hall–Kier alpha value is -2.88. The van der Waals surface area contributed by atoms with Crippen LogP contribution >= 0.6 is 0 Å². The van der Waals surface area contributed by atoms with Crippen LogP contribution in [0.15, 0.2) is 42.5 Å². The van der Waals surface area contributed by atoms with E-state index in [1.165, 1.54) is 22.3 Å². The Morgan fingerprint density at radius 2 is 1.71 bits per heavy atom. The van der Waals surface area contributed by atoms with Crippen LogP contribution in [0, 0.1) is 37.0 Å². The number of aromatic nitrogens is 1. The van der Waals surface area contributed by atoms with Gasteiger partial charge in [-0.05, 0) is 85.1 Å². The topological polar surface area (TPSA) is 53.2 Å². The van der Waals surface area contributed by atoms with Gasteiger partial charge in [-0.1, -0.05) is 51.1 Å². The van der Waals surface area contributed by atoms with E-state index in [4.69, 9.17) is 0 Å². The summed E-state index contributed by atoms with van der Waals surface area (Å²) >= 11 is 0. The zero-order valence-corrected chi connectivity index (χ0v) is 20.8. The summed E-state index contributed by atoms with van der Waals surface area (Å²) < 4.78 is 0. The van der Waals surface area contributed by atoms with Gasteiger partial charge in [0.2, 0.25) is 11.8 Å². The van der Waals surface area contributed by atoms with Crippen molar-refractivity contribution in [2.45, 2.75) is 65.7 Å². The molecule has 1 aromatic heterocycles. The van der Waals surface area contributed by atoms with E-state index in [9.17, 15) is 9.59 Å². The maximum Gasteiger partial charge on any atom is 0.243 e. The van der Waals surface area contributed by atoms with Crippen LogP contribution in [-0.2, 0) is 9.59 Å². The second kappa shape index (κ2) is 7.31. The highest BCUT2D eigenvalue weighted by Gasteiger charge is 2.59. The first-order valence-electron chi connectivity index (χ1n) is 12.7. The van der Waals surface area contributed by atoms with Crippen molar-refractivity contribution >= 4 is 28.4 Å². The number of hydrogen-bond donors (Lipinski definition) is 1. The van der Waals surface area contributed by atoms with Crippen LogP contribution in [0.1, 0.15) is 74.3 Å². The van der Waals surface area contributed by atoms with Crippen molar-refractivity contribution in [3.05, 3.63) is 64.8 Å². The fourth-order valence-corrected chi connectivity index (χ4v) is 7.22. The van der Waals surface area contributed by atoms with Gasteiger partial charge in [0.1, 0.15) is 0 Å². The summed E-state index contributed by atoms with van der Waals surface area (Å²) in [7, 11) is 0. The SMILES string of the molecule is Cc1cccc(N2C(=O)[C@H]3[C@H]4C[C@@H](C(C)(C)C)CC[C@@H]4c4c([nH]c5ccccc45)[C@@H]3C2=O)c1C. The number of anilines is 1. The number of para-hydroxylation sites is 1. The first-order valence-corrected chi connectivity index (χ1v) is 12.7. The summed E-state index contributed by atoms with van der Waals surface area (Å²) in [6.07, 6.45) is 3.26. The molecule has 3 aromatic rings. The third-order valence-corrected chi connectivity index (χ3v) is 9.21. The van der Waals surface area contributed by atoms with Crippen LogP contribution in [0.4, 0.5) is 5.69 Å². The van der Waals surface area contributed by atoms with E-state index in [1.807, 2.05) is 38.1 Å². The highest BCUT2D eigenvalue weighted by atomic mass is 16.2. The average Bonchev–Trinajstić information content (AvgIpc) is 3.30. The van der Waals surface area contributed by atoms with Gasteiger partial charge in [0.05, 0.1) is 17.5 Å². The maximum absolute atomic E-state index is 14.1. The van der Waals surface area contributed by atoms with Crippen molar-refractivity contribution in [1.82, 2.24) is 4.98 Å². The summed E-state index contributed by atoms with van der Waals surface area (Å²) in [5.74, 6) is 0.296. The first-order chi connectivity index (χ1) is 16.2. The molecule has 34 heavy (non-hydrogen) atoms. The second-order valence-corrected chi connectivity index (χ2v) is 11.9. The molecular formula is C30H34N2O2. The van der Waals surface area contributed by atoms with Gasteiger partial charge in [0, 0.05) is 16.6 Å². The van der Waals surface area contributed by atoms with Crippen molar-refractivity contribution in [3.8, 4) is 0 Å². The number of benzene rings is 2. The molecular weight excluding hydrogens is 420 g/mol. The Balaban J connectivity index is 1.54. The van der Waals surface area contributed by atoms with E-state index in [2.05, 4.69) is 44.0 Å². The van der Waals surface area contributed by atoms with E-state index in [0.29, 0.717) is 11.8 Å². The molecule has 176 valence electrons. The lowest BCUT2D eigenvalue weighted by molar-refractivity contribution is -0.123. The Morgan fingerprint density at radius 3 is 2.47 bits per heavy atom. The van der Waals surface area contributed by atoms with E-state index in [-0.39, 0.29) is 29.1 Å². The summed E-state index contributed by atoms with van der Waals surface area (Å²) in [6.45, 7) is 11.0. The van der Waals surface area contributed by atoms with Crippen molar-refractivity contribution in [2.24, 2.45) is 23.2 Å². The predicted molar refractivity (Wildman–Crippen MR) is 136 cm³/mol. The zero-order chi connectivity index (χ0) is 23.9. The number of nitrogens with one attached hydrogen (secondary N) is 1. The van der Waals surface area contributed by atoms with Gasteiger partial charge in [0.15, 0.2) is 0 Å². The number of carbonyl (C=O) groups excluding carboxylic acids is 2. The fourth-order valence-electron chi connectivity index (χ4n) is 7.22. The molecule has 2 aliphatic carbocycles.